The van der Waals surface area contributed by atoms with Gasteiger partial charge < -0.3 is 9.32 Å². The van der Waals surface area contributed by atoms with Crippen LogP contribution >= 0.6 is 0 Å². The molecule has 9 aromatic carbocycles. The van der Waals surface area contributed by atoms with Gasteiger partial charge in [-0.25, -0.2) is 0 Å². The molecular weight excluding hydrogens is 583 g/mol. The average molecular weight is 612 g/mol. The Morgan fingerprint density at radius 2 is 0.938 bits per heavy atom. The van der Waals surface area contributed by atoms with Crippen molar-refractivity contribution in [3.8, 4) is 11.1 Å². The van der Waals surface area contributed by atoms with Crippen LogP contribution < -0.4 is 4.90 Å². The molecule has 10 aromatic rings. The SMILES string of the molecule is c1ccc(-c2ccccc2N(c2cccc3c2ccc2ccc4ccccc4c23)c2cccc3oc4c5ccccc5ccc4c23)cc1. The van der Waals surface area contributed by atoms with Gasteiger partial charge in [-0.1, -0.05) is 146 Å². The fourth-order valence-electron chi connectivity index (χ4n) is 7.68. The van der Waals surface area contributed by atoms with Crippen LogP contribution in [0.15, 0.2) is 180 Å². The van der Waals surface area contributed by atoms with Crippen LogP contribution in [0.3, 0.4) is 0 Å². The maximum Gasteiger partial charge on any atom is 0.143 e. The van der Waals surface area contributed by atoms with Crippen molar-refractivity contribution in [1.29, 1.82) is 0 Å². The summed E-state index contributed by atoms with van der Waals surface area (Å²) < 4.78 is 6.71. The monoisotopic (exact) mass is 611 g/mol. The van der Waals surface area contributed by atoms with Crippen molar-refractivity contribution in [3.63, 3.8) is 0 Å². The molecule has 0 fully saturated rings. The highest BCUT2D eigenvalue weighted by molar-refractivity contribution is 6.24. The topological polar surface area (TPSA) is 16.4 Å². The summed E-state index contributed by atoms with van der Waals surface area (Å²) in [5.74, 6) is 0. The van der Waals surface area contributed by atoms with Crippen LogP contribution in [0.5, 0.6) is 0 Å². The van der Waals surface area contributed by atoms with Crippen LogP contribution in [0.25, 0.3) is 76.2 Å². The van der Waals surface area contributed by atoms with Crippen LogP contribution in [0.2, 0.25) is 0 Å². The maximum absolute atomic E-state index is 6.71. The highest BCUT2D eigenvalue weighted by Gasteiger charge is 2.24. The van der Waals surface area contributed by atoms with E-state index >= 15 is 0 Å². The molecule has 0 bridgehead atoms. The van der Waals surface area contributed by atoms with Crippen LogP contribution in [0, 0.1) is 0 Å². The first-order chi connectivity index (χ1) is 23.8. The lowest BCUT2D eigenvalue weighted by molar-refractivity contribution is 0.672. The molecule has 10 rings (SSSR count). The molecular formula is C46H29NO. The van der Waals surface area contributed by atoms with Crippen molar-refractivity contribution in [2.75, 3.05) is 4.90 Å². The minimum absolute atomic E-state index is 0.873. The van der Waals surface area contributed by atoms with E-state index in [1.165, 1.54) is 43.3 Å². The van der Waals surface area contributed by atoms with Gasteiger partial charge in [-0.2, -0.15) is 0 Å². The van der Waals surface area contributed by atoms with Crippen molar-refractivity contribution in [2.45, 2.75) is 0 Å². The smallest absolute Gasteiger partial charge is 0.143 e. The van der Waals surface area contributed by atoms with E-state index in [1.807, 2.05) is 0 Å². The Hall–Kier alpha value is -6.38. The summed E-state index contributed by atoms with van der Waals surface area (Å²) in [5.41, 5.74) is 7.43. The Kier molecular flexibility index (Phi) is 5.91. The number of furan rings is 1. The molecule has 1 heterocycles. The Morgan fingerprint density at radius 3 is 1.83 bits per heavy atom. The summed E-state index contributed by atoms with van der Waals surface area (Å²) in [7, 11) is 0. The van der Waals surface area contributed by atoms with Gasteiger partial charge in [-0.3, -0.25) is 0 Å². The lowest BCUT2D eigenvalue weighted by Gasteiger charge is -2.30. The van der Waals surface area contributed by atoms with E-state index in [-0.39, 0.29) is 0 Å². The van der Waals surface area contributed by atoms with Gasteiger partial charge in [0, 0.05) is 21.7 Å². The molecule has 0 N–H and O–H groups in total. The van der Waals surface area contributed by atoms with E-state index in [2.05, 4.69) is 181 Å². The van der Waals surface area contributed by atoms with Crippen molar-refractivity contribution >= 4 is 82.1 Å². The minimum atomic E-state index is 0.873. The predicted octanol–water partition coefficient (Wildman–Crippen LogP) is 13.3. The van der Waals surface area contributed by atoms with Crippen LogP contribution in [-0.2, 0) is 0 Å². The minimum Gasteiger partial charge on any atom is -0.455 e. The summed E-state index contributed by atoms with van der Waals surface area (Å²) in [6.45, 7) is 0. The molecule has 0 amide bonds. The molecule has 0 atom stereocenters. The molecule has 2 heteroatoms. The van der Waals surface area contributed by atoms with E-state index in [9.17, 15) is 0 Å². The van der Waals surface area contributed by atoms with Gasteiger partial charge in [0.25, 0.3) is 0 Å². The number of anilines is 3. The van der Waals surface area contributed by atoms with E-state index in [0.717, 1.165) is 50.0 Å². The number of rotatable bonds is 4. The first kappa shape index (κ1) is 26.8. The van der Waals surface area contributed by atoms with Crippen LogP contribution in [0.4, 0.5) is 17.1 Å². The maximum atomic E-state index is 6.71. The van der Waals surface area contributed by atoms with Crippen molar-refractivity contribution in [1.82, 2.24) is 0 Å². The Balaban J connectivity index is 1.34. The van der Waals surface area contributed by atoms with Crippen molar-refractivity contribution in [2.24, 2.45) is 0 Å². The molecule has 1 aromatic heterocycles. The highest BCUT2D eigenvalue weighted by atomic mass is 16.3. The molecule has 0 unspecified atom stereocenters. The number of hydrogen-bond donors (Lipinski definition) is 0. The summed E-state index contributed by atoms with van der Waals surface area (Å²) in [5, 5.41) is 12.0. The normalized spacial score (nSPS) is 11.8. The number of para-hydroxylation sites is 1. The lowest BCUT2D eigenvalue weighted by atomic mass is 9.94. The molecule has 0 aliphatic rings. The zero-order valence-electron chi connectivity index (χ0n) is 26.1. The largest absolute Gasteiger partial charge is 0.455 e. The molecule has 0 spiro atoms. The first-order valence-electron chi connectivity index (χ1n) is 16.4. The number of benzene rings is 9. The first-order valence-corrected chi connectivity index (χ1v) is 16.4. The fourth-order valence-corrected chi connectivity index (χ4v) is 7.68. The van der Waals surface area contributed by atoms with Gasteiger partial charge in [0.15, 0.2) is 0 Å². The highest BCUT2D eigenvalue weighted by Crippen LogP contribution is 2.49. The lowest BCUT2D eigenvalue weighted by Crippen LogP contribution is -2.12. The number of nitrogens with zero attached hydrogens (tertiary/aromatic N) is 1. The standard InChI is InChI=1S/C46H29NO/c1-2-12-30(13-3-1)34-16-8-9-20-40(34)47(42-22-11-23-43-45(42)39-29-26-32-15-5-7-18-36(32)46(39)48-43)41-21-10-19-38-37(41)28-27-33-25-24-31-14-4-6-17-35(31)44(33)38/h1-29H. The third-order valence-corrected chi connectivity index (χ3v) is 9.82. The number of fused-ring (bicyclic) bond motifs is 10. The fraction of sp³-hybridized carbons (Fsp3) is 0. The summed E-state index contributed by atoms with van der Waals surface area (Å²) in [4.78, 5) is 2.45. The van der Waals surface area contributed by atoms with Crippen LogP contribution in [-0.4, -0.2) is 0 Å². The van der Waals surface area contributed by atoms with Gasteiger partial charge >= 0.3 is 0 Å². The second-order valence-corrected chi connectivity index (χ2v) is 12.5. The molecule has 0 saturated heterocycles. The summed E-state index contributed by atoms with van der Waals surface area (Å²) >= 11 is 0. The molecule has 0 aliphatic heterocycles. The second kappa shape index (κ2) is 10.6. The Morgan fingerprint density at radius 1 is 0.333 bits per heavy atom. The third kappa shape index (κ3) is 4.00. The van der Waals surface area contributed by atoms with Gasteiger partial charge in [0.1, 0.15) is 11.2 Å². The predicted molar refractivity (Wildman–Crippen MR) is 204 cm³/mol. The van der Waals surface area contributed by atoms with E-state index in [4.69, 9.17) is 4.42 Å². The van der Waals surface area contributed by atoms with Gasteiger partial charge in [0.2, 0.25) is 0 Å². The van der Waals surface area contributed by atoms with Crippen LogP contribution in [0.1, 0.15) is 0 Å². The van der Waals surface area contributed by atoms with E-state index in [0.29, 0.717) is 0 Å². The Labute approximate surface area is 277 Å². The molecule has 0 radical (unpaired) electrons. The van der Waals surface area contributed by atoms with E-state index in [1.54, 1.807) is 0 Å². The molecule has 2 nitrogen and oxygen atoms in total. The average Bonchev–Trinajstić information content (AvgIpc) is 3.55. The summed E-state index contributed by atoms with van der Waals surface area (Å²) in [6, 6.07) is 63.3. The van der Waals surface area contributed by atoms with Crippen molar-refractivity contribution in [3.05, 3.63) is 176 Å². The summed E-state index contributed by atoms with van der Waals surface area (Å²) in [6.07, 6.45) is 0. The quantitative estimate of drug-likeness (QED) is 0.184. The zero-order chi connectivity index (χ0) is 31.6. The molecule has 0 aliphatic carbocycles. The van der Waals surface area contributed by atoms with E-state index < -0.39 is 0 Å². The third-order valence-electron chi connectivity index (χ3n) is 9.82. The Bertz CT molecular complexity index is 2850. The van der Waals surface area contributed by atoms with Gasteiger partial charge in [-0.15, -0.1) is 0 Å². The molecule has 48 heavy (non-hydrogen) atoms. The molecule has 0 saturated carbocycles. The molecule has 224 valence electrons. The van der Waals surface area contributed by atoms with Gasteiger partial charge in [-0.05, 0) is 68.2 Å². The van der Waals surface area contributed by atoms with Crippen molar-refractivity contribution < 1.29 is 4.42 Å². The second-order valence-electron chi connectivity index (χ2n) is 12.5. The number of hydrogen-bond acceptors (Lipinski definition) is 2. The zero-order valence-corrected chi connectivity index (χ0v) is 26.1. The van der Waals surface area contributed by atoms with Gasteiger partial charge in [0.05, 0.1) is 22.4 Å².